The minimum Gasteiger partial charge on any atom is -0.311 e. The lowest BCUT2D eigenvalue weighted by Gasteiger charge is -2.28. The predicted octanol–water partition coefficient (Wildman–Crippen LogP) is 13.5. The second-order valence-corrected chi connectivity index (χ2v) is 12.8. The highest BCUT2D eigenvalue weighted by Gasteiger charge is 2.16. The van der Waals surface area contributed by atoms with Gasteiger partial charge in [-0.1, -0.05) is 117 Å². The zero-order chi connectivity index (χ0) is 31.3. The van der Waals surface area contributed by atoms with Gasteiger partial charge in [0.25, 0.3) is 0 Å². The van der Waals surface area contributed by atoms with Gasteiger partial charge < -0.3 is 9.80 Å². The van der Waals surface area contributed by atoms with E-state index in [0.29, 0.717) is 0 Å². The monoisotopic (exact) mass is 720 g/mol. The molecular weight excluding hydrogens is 692 g/mol. The zero-order valence-corrected chi connectivity index (χ0v) is 28.1. The maximum atomic E-state index is 3.55. The van der Waals surface area contributed by atoms with Gasteiger partial charge in [-0.3, -0.25) is 0 Å². The molecule has 0 aliphatic carbocycles. The predicted molar refractivity (Wildman–Crippen MR) is 202 cm³/mol. The molecule has 4 heteroatoms. The van der Waals surface area contributed by atoms with E-state index in [1.54, 1.807) is 0 Å². The summed E-state index contributed by atoms with van der Waals surface area (Å²) in [6.45, 7) is 0. The first-order valence-electron chi connectivity index (χ1n) is 15.1. The Morgan fingerprint density at radius 1 is 0.239 bits per heavy atom. The minimum atomic E-state index is 1.08. The van der Waals surface area contributed by atoms with Crippen LogP contribution in [0.25, 0.3) is 22.3 Å². The lowest BCUT2D eigenvalue weighted by Crippen LogP contribution is -2.12. The molecule has 0 aliphatic heterocycles. The number of hydrogen-bond acceptors (Lipinski definition) is 2. The van der Waals surface area contributed by atoms with Gasteiger partial charge in [0, 0.05) is 43.1 Å². The summed E-state index contributed by atoms with van der Waals surface area (Å²) in [5.74, 6) is 0. The number of anilines is 6. The molecule has 7 aromatic carbocycles. The average Bonchev–Trinajstić information content (AvgIpc) is 3.12. The van der Waals surface area contributed by atoms with Crippen LogP contribution in [-0.2, 0) is 0 Å². The molecule has 0 N–H and O–H groups in total. The Kier molecular flexibility index (Phi) is 8.82. The topological polar surface area (TPSA) is 6.48 Å². The van der Waals surface area contributed by atoms with E-state index in [1.807, 2.05) is 0 Å². The Morgan fingerprint density at radius 2 is 0.457 bits per heavy atom. The number of nitrogens with zero attached hydrogens (tertiary/aromatic N) is 2. The highest BCUT2D eigenvalue weighted by atomic mass is 79.9. The summed E-state index contributed by atoms with van der Waals surface area (Å²) >= 11 is 7.10. The summed E-state index contributed by atoms with van der Waals surface area (Å²) in [6.07, 6.45) is 0. The maximum Gasteiger partial charge on any atom is 0.0463 e. The molecule has 0 aromatic heterocycles. The summed E-state index contributed by atoms with van der Waals surface area (Å²) in [5, 5.41) is 0. The van der Waals surface area contributed by atoms with Crippen molar-refractivity contribution in [3.8, 4) is 22.3 Å². The minimum absolute atomic E-state index is 1.08. The van der Waals surface area contributed by atoms with Crippen LogP contribution in [0.4, 0.5) is 34.1 Å². The van der Waals surface area contributed by atoms with E-state index in [4.69, 9.17) is 0 Å². The summed E-state index contributed by atoms with van der Waals surface area (Å²) in [6, 6.07) is 64.3. The molecule has 0 fully saturated rings. The van der Waals surface area contributed by atoms with E-state index >= 15 is 0 Å². The van der Waals surface area contributed by atoms with E-state index in [9.17, 15) is 0 Å². The van der Waals surface area contributed by atoms with Gasteiger partial charge in [-0.05, 0) is 119 Å². The second-order valence-electron chi connectivity index (χ2n) is 11.0. The van der Waals surface area contributed by atoms with E-state index in [2.05, 4.69) is 224 Å². The third-order valence-electron chi connectivity index (χ3n) is 8.00. The van der Waals surface area contributed by atoms with Gasteiger partial charge in [-0.2, -0.15) is 0 Å². The molecule has 0 radical (unpaired) electrons. The van der Waals surface area contributed by atoms with Crippen molar-refractivity contribution in [3.63, 3.8) is 0 Å². The largest absolute Gasteiger partial charge is 0.311 e. The molecule has 0 spiro atoms. The fourth-order valence-corrected chi connectivity index (χ4v) is 6.22. The Bertz CT molecular complexity index is 1880. The van der Waals surface area contributed by atoms with E-state index in [-0.39, 0.29) is 0 Å². The summed E-state index contributed by atoms with van der Waals surface area (Å²) < 4.78 is 2.15. The van der Waals surface area contributed by atoms with Gasteiger partial charge in [0.15, 0.2) is 0 Å². The fraction of sp³-hybridized carbons (Fsp3) is 0. The van der Waals surface area contributed by atoms with Crippen molar-refractivity contribution >= 4 is 66.0 Å². The SMILES string of the molecule is Brc1ccc(-c2ccc(N(c3ccc(-c4ccc(Br)cc4)cc3)c3ccc(N(c4ccccc4)c4ccccc4)cc3)cc2)cc1. The van der Waals surface area contributed by atoms with Gasteiger partial charge in [0.1, 0.15) is 0 Å². The zero-order valence-electron chi connectivity index (χ0n) is 25.0. The van der Waals surface area contributed by atoms with Gasteiger partial charge in [0.2, 0.25) is 0 Å². The molecule has 222 valence electrons. The fourth-order valence-electron chi connectivity index (χ4n) is 5.69. The molecule has 0 aliphatic rings. The van der Waals surface area contributed by atoms with Gasteiger partial charge in [-0.25, -0.2) is 0 Å². The van der Waals surface area contributed by atoms with Crippen LogP contribution in [0, 0.1) is 0 Å². The number of benzene rings is 7. The smallest absolute Gasteiger partial charge is 0.0463 e. The van der Waals surface area contributed by atoms with Gasteiger partial charge in [-0.15, -0.1) is 0 Å². The van der Waals surface area contributed by atoms with Crippen LogP contribution in [0.5, 0.6) is 0 Å². The Labute approximate surface area is 287 Å². The van der Waals surface area contributed by atoms with E-state index in [0.717, 1.165) is 43.1 Å². The van der Waals surface area contributed by atoms with Crippen molar-refractivity contribution in [1.82, 2.24) is 0 Å². The third kappa shape index (κ3) is 6.55. The molecule has 0 saturated heterocycles. The Morgan fingerprint density at radius 3 is 0.739 bits per heavy atom. The lowest BCUT2D eigenvalue weighted by atomic mass is 10.0. The van der Waals surface area contributed by atoms with Crippen LogP contribution in [-0.4, -0.2) is 0 Å². The summed E-state index contributed by atoms with van der Waals surface area (Å²) in [4.78, 5) is 4.60. The average molecular weight is 723 g/mol. The number of halogens is 2. The van der Waals surface area contributed by atoms with Crippen LogP contribution in [0.1, 0.15) is 0 Å². The van der Waals surface area contributed by atoms with E-state index < -0.39 is 0 Å². The summed E-state index contributed by atoms with van der Waals surface area (Å²) in [7, 11) is 0. The molecule has 0 amide bonds. The molecule has 0 unspecified atom stereocenters. The van der Waals surface area contributed by atoms with Gasteiger partial charge in [0.05, 0.1) is 0 Å². The van der Waals surface area contributed by atoms with Crippen LogP contribution < -0.4 is 9.80 Å². The Balaban J connectivity index is 1.27. The molecule has 46 heavy (non-hydrogen) atoms. The van der Waals surface area contributed by atoms with Crippen molar-refractivity contribution in [2.45, 2.75) is 0 Å². The van der Waals surface area contributed by atoms with Gasteiger partial charge >= 0.3 is 0 Å². The summed E-state index contributed by atoms with van der Waals surface area (Å²) in [5.41, 5.74) is 11.3. The molecule has 0 bridgehead atoms. The normalized spacial score (nSPS) is 10.8. The van der Waals surface area contributed by atoms with Crippen molar-refractivity contribution in [2.75, 3.05) is 9.80 Å². The first kappa shape index (κ1) is 29.8. The molecule has 2 nitrogen and oxygen atoms in total. The number of rotatable bonds is 8. The first-order valence-corrected chi connectivity index (χ1v) is 16.7. The van der Waals surface area contributed by atoms with Crippen molar-refractivity contribution in [3.05, 3.63) is 191 Å². The first-order chi connectivity index (χ1) is 22.6. The molecule has 7 rings (SSSR count). The van der Waals surface area contributed by atoms with Crippen LogP contribution in [0.2, 0.25) is 0 Å². The number of hydrogen-bond donors (Lipinski definition) is 0. The highest BCUT2D eigenvalue weighted by Crippen LogP contribution is 2.40. The Hall–Kier alpha value is -4.90. The quantitative estimate of drug-likeness (QED) is 0.154. The standard InChI is InChI=1S/C42H30Br2N2/c43-35-19-11-31(12-20-35)33-15-23-39(24-16-33)46(40-25-17-34(18-26-40)32-13-21-36(44)22-14-32)42-29-27-41(28-30-42)45(37-7-3-1-4-8-37)38-9-5-2-6-10-38/h1-30H. The second kappa shape index (κ2) is 13.6. The van der Waals surface area contributed by atoms with Crippen molar-refractivity contribution in [1.29, 1.82) is 0 Å². The van der Waals surface area contributed by atoms with Crippen molar-refractivity contribution < 1.29 is 0 Å². The molecule has 0 saturated carbocycles. The van der Waals surface area contributed by atoms with Crippen molar-refractivity contribution in [2.24, 2.45) is 0 Å². The van der Waals surface area contributed by atoms with Crippen LogP contribution in [0.3, 0.4) is 0 Å². The third-order valence-corrected chi connectivity index (χ3v) is 9.06. The number of para-hydroxylation sites is 2. The van der Waals surface area contributed by atoms with Crippen LogP contribution >= 0.6 is 31.9 Å². The molecule has 7 aromatic rings. The van der Waals surface area contributed by atoms with E-state index in [1.165, 1.54) is 22.3 Å². The molecular formula is C42H30Br2N2. The lowest BCUT2D eigenvalue weighted by molar-refractivity contribution is 1.26. The van der Waals surface area contributed by atoms with Crippen LogP contribution in [0.15, 0.2) is 191 Å². The maximum absolute atomic E-state index is 3.55. The highest BCUT2D eigenvalue weighted by molar-refractivity contribution is 9.10. The molecule has 0 heterocycles. The molecule has 0 atom stereocenters.